The van der Waals surface area contributed by atoms with Crippen molar-refractivity contribution >= 4 is 33.4 Å². The largest absolute Gasteiger partial charge is 0.296 e. The number of carbonyl (C=O) groups excluding carboxylic acids is 1. The molecule has 3 rings (SSSR count). The van der Waals surface area contributed by atoms with Crippen LogP contribution in [0.25, 0.3) is 11.0 Å². The molecule has 3 heterocycles. The van der Waals surface area contributed by atoms with E-state index in [0.717, 1.165) is 22.5 Å². The monoisotopic (exact) mass is 358 g/mol. The first-order chi connectivity index (χ1) is 11.8. The lowest BCUT2D eigenvalue weighted by Gasteiger charge is -2.08. The molecule has 0 aromatic carbocycles. The van der Waals surface area contributed by atoms with E-state index in [9.17, 15) is 4.79 Å². The van der Waals surface area contributed by atoms with Gasteiger partial charge < -0.3 is 0 Å². The highest BCUT2D eigenvalue weighted by Gasteiger charge is 2.17. The fraction of sp³-hybridized carbons (Fsp3) is 0.471. The van der Waals surface area contributed by atoms with Crippen LogP contribution in [0.1, 0.15) is 54.8 Å². The van der Waals surface area contributed by atoms with Crippen molar-refractivity contribution in [3.8, 4) is 0 Å². The van der Waals surface area contributed by atoms with Crippen molar-refractivity contribution in [3.63, 3.8) is 0 Å². The average Bonchev–Trinajstić information content (AvgIpc) is 3.12. The minimum Gasteiger partial charge on any atom is -0.296 e. The van der Waals surface area contributed by atoms with Crippen molar-refractivity contribution in [1.82, 2.24) is 25.0 Å². The lowest BCUT2D eigenvalue weighted by molar-refractivity contribution is 0.102. The third-order valence-corrected chi connectivity index (χ3v) is 4.62. The third kappa shape index (κ3) is 3.68. The van der Waals surface area contributed by atoms with E-state index < -0.39 is 0 Å². The van der Waals surface area contributed by atoms with Crippen molar-refractivity contribution in [1.29, 1.82) is 0 Å². The van der Waals surface area contributed by atoms with Gasteiger partial charge in [0.05, 0.1) is 17.5 Å². The van der Waals surface area contributed by atoms with Crippen LogP contribution in [0.2, 0.25) is 0 Å². The molecule has 0 fully saturated rings. The number of hydrogen-bond acceptors (Lipinski definition) is 6. The molecule has 0 radical (unpaired) electrons. The van der Waals surface area contributed by atoms with Crippen LogP contribution in [0, 0.1) is 12.8 Å². The molecule has 0 atom stereocenters. The number of aryl methyl sites for hydroxylation is 1. The Labute approximate surface area is 150 Å². The van der Waals surface area contributed by atoms with Gasteiger partial charge >= 0.3 is 0 Å². The molecule has 3 aromatic rings. The summed E-state index contributed by atoms with van der Waals surface area (Å²) < 4.78 is 1.85. The second-order valence-corrected chi connectivity index (χ2v) is 7.83. The van der Waals surface area contributed by atoms with Crippen LogP contribution >= 0.6 is 11.3 Å². The zero-order valence-electron chi connectivity index (χ0n) is 15.1. The summed E-state index contributed by atoms with van der Waals surface area (Å²) in [6.07, 6.45) is 2.60. The molecule has 8 heteroatoms. The van der Waals surface area contributed by atoms with Gasteiger partial charge in [0.1, 0.15) is 5.01 Å². The third-order valence-electron chi connectivity index (χ3n) is 3.76. The number of aromatic nitrogens is 5. The van der Waals surface area contributed by atoms with E-state index in [0.29, 0.717) is 22.3 Å². The Morgan fingerprint density at radius 1 is 1.28 bits per heavy atom. The minimum absolute atomic E-state index is 0.213. The first-order valence-corrected chi connectivity index (χ1v) is 9.15. The summed E-state index contributed by atoms with van der Waals surface area (Å²) in [6.45, 7) is 10.2. The highest BCUT2D eigenvalue weighted by atomic mass is 32.1. The summed E-state index contributed by atoms with van der Waals surface area (Å²) in [5, 5.41) is 17.6. The van der Waals surface area contributed by atoms with Gasteiger partial charge in [0, 0.05) is 17.8 Å². The smallest absolute Gasteiger partial charge is 0.259 e. The number of hydrogen-bond donors (Lipinski definition) is 1. The number of amides is 1. The maximum atomic E-state index is 12.6. The van der Waals surface area contributed by atoms with Crippen LogP contribution in [0.3, 0.4) is 0 Å². The van der Waals surface area contributed by atoms with E-state index >= 15 is 0 Å². The molecular formula is C17H22N6OS. The molecular weight excluding hydrogens is 336 g/mol. The zero-order valence-corrected chi connectivity index (χ0v) is 15.9. The number of fused-ring (bicyclic) bond motifs is 1. The number of nitrogens with zero attached hydrogens (tertiary/aromatic N) is 5. The quantitative estimate of drug-likeness (QED) is 0.753. The van der Waals surface area contributed by atoms with Crippen molar-refractivity contribution in [3.05, 3.63) is 28.5 Å². The molecule has 0 unspecified atom stereocenters. The average molecular weight is 358 g/mol. The van der Waals surface area contributed by atoms with Crippen LogP contribution in [0.15, 0.2) is 12.3 Å². The van der Waals surface area contributed by atoms with Crippen LogP contribution in [0.4, 0.5) is 5.13 Å². The highest BCUT2D eigenvalue weighted by Crippen LogP contribution is 2.22. The summed E-state index contributed by atoms with van der Waals surface area (Å²) >= 11 is 1.41. The topological polar surface area (TPSA) is 85.6 Å². The number of anilines is 1. The van der Waals surface area contributed by atoms with Gasteiger partial charge in [-0.2, -0.15) is 5.10 Å². The molecule has 0 saturated carbocycles. The Morgan fingerprint density at radius 2 is 2.04 bits per heavy atom. The molecule has 0 aliphatic heterocycles. The number of carbonyl (C=O) groups is 1. The van der Waals surface area contributed by atoms with Crippen molar-refractivity contribution in [2.45, 2.75) is 47.1 Å². The molecule has 132 valence electrons. The maximum Gasteiger partial charge on any atom is 0.259 e. The zero-order chi connectivity index (χ0) is 18.1. The molecule has 3 aromatic heterocycles. The van der Waals surface area contributed by atoms with Gasteiger partial charge in [0.2, 0.25) is 5.13 Å². The highest BCUT2D eigenvalue weighted by molar-refractivity contribution is 7.15. The van der Waals surface area contributed by atoms with Gasteiger partial charge in [-0.15, -0.1) is 10.2 Å². The molecule has 1 N–H and O–H groups in total. The summed E-state index contributed by atoms with van der Waals surface area (Å²) in [6, 6.07) is 2.04. The van der Waals surface area contributed by atoms with Crippen LogP contribution < -0.4 is 5.32 Å². The second kappa shape index (κ2) is 6.87. The normalized spacial score (nSPS) is 11.6. The summed E-state index contributed by atoms with van der Waals surface area (Å²) in [5.41, 5.74) is 1.98. The number of rotatable bonds is 5. The maximum absolute atomic E-state index is 12.6. The summed E-state index contributed by atoms with van der Waals surface area (Å²) in [7, 11) is 0. The van der Waals surface area contributed by atoms with Crippen LogP contribution in [0.5, 0.6) is 0 Å². The van der Waals surface area contributed by atoms with Gasteiger partial charge in [-0.25, -0.2) is 9.67 Å². The fourth-order valence-electron chi connectivity index (χ4n) is 2.57. The van der Waals surface area contributed by atoms with Crippen molar-refractivity contribution < 1.29 is 4.79 Å². The van der Waals surface area contributed by atoms with Crippen molar-refractivity contribution in [2.75, 3.05) is 5.32 Å². The SMILES string of the molecule is Cc1nc2c(cnn2C(C)C)cc1C(=O)Nc1nnc(CC(C)C)s1. The van der Waals surface area contributed by atoms with E-state index in [-0.39, 0.29) is 11.9 Å². The molecule has 7 nitrogen and oxygen atoms in total. The number of nitrogens with one attached hydrogen (secondary N) is 1. The number of pyridine rings is 1. The first kappa shape index (κ1) is 17.5. The lowest BCUT2D eigenvalue weighted by atomic mass is 10.1. The lowest BCUT2D eigenvalue weighted by Crippen LogP contribution is -2.14. The van der Waals surface area contributed by atoms with E-state index in [1.54, 1.807) is 6.20 Å². The van der Waals surface area contributed by atoms with Crippen LogP contribution in [-0.4, -0.2) is 30.9 Å². The Morgan fingerprint density at radius 3 is 2.72 bits per heavy atom. The molecule has 0 bridgehead atoms. The van der Waals surface area contributed by atoms with E-state index in [2.05, 4.69) is 39.4 Å². The van der Waals surface area contributed by atoms with E-state index in [4.69, 9.17) is 0 Å². The molecule has 0 saturated heterocycles. The van der Waals surface area contributed by atoms with Gasteiger partial charge in [-0.05, 0) is 32.8 Å². The summed E-state index contributed by atoms with van der Waals surface area (Å²) in [4.78, 5) is 17.2. The fourth-order valence-corrected chi connectivity index (χ4v) is 3.52. The van der Waals surface area contributed by atoms with Gasteiger partial charge in [-0.3, -0.25) is 10.1 Å². The standard InChI is InChI=1S/C17H22N6OS/c1-9(2)6-14-21-22-17(25-14)20-16(24)13-7-12-8-18-23(10(3)4)15(12)19-11(13)5/h7-10H,6H2,1-5H3,(H,20,22,24). The predicted octanol–water partition coefficient (Wildman–Crippen LogP) is 3.62. The molecule has 1 amide bonds. The molecule has 0 spiro atoms. The van der Waals surface area contributed by atoms with Gasteiger partial charge in [0.15, 0.2) is 5.65 Å². The molecule has 0 aliphatic carbocycles. The molecule has 0 aliphatic rings. The van der Waals surface area contributed by atoms with Gasteiger partial charge in [0.25, 0.3) is 5.91 Å². The van der Waals surface area contributed by atoms with Gasteiger partial charge in [-0.1, -0.05) is 25.2 Å². The van der Waals surface area contributed by atoms with Crippen molar-refractivity contribution in [2.24, 2.45) is 5.92 Å². The Balaban J connectivity index is 1.84. The Hall–Kier alpha value is -2.35. The Bertz CT molecular complexity index is 911. The van der Waals surface area contributed by atoms with E-state index in [1.165, 1.54) is 11.3 Å². The van der Waals surface area contributed by atoms with Crippen LogP contribution in [-0.2, 0) is 6.42 Å². The molecule has 25 heavy (non-hydrogen) atoms. The predicted molar refractivity (Wildman–Crippen MR) is 99.1 cm³/mol. The van der Waals surface area contributed by atoms with E-state index in [1.807, 2.05) is 31.5 Å². The second-order valence-electron chi connectivity index (χ2n) is 6.77. The first-order valence-electron chi connectivity index (χ1n) is 8.33. The Kier molecular flexibility index (Phi) is 4.80. The summed E-state index contributed by atoms with van der Waals surface area (Å²) in [5.74, 6) is 0.277. The minimum atomic E-state index is -0.226.